The molecule has 0 atom stereocenters. The molecule has 1 aromatic rings. The van der Waals surface area contributed by atoms with Crippen molar-refractivity contribution in [3.63, 3.8) is 0 Å². The van der Waals surface area contributed by atoms with Crippen LogP contribution < -0.4 is 0 Å². The number of Topliss-reactive ketones (excluding diaryl/α,β-unsaturated/α-hetero) is 3. The van der Waals surface area contributed by atoms with Crippen LogP contribution >= 0.6 is 0 Å². The van der Waals surface area contributed by atoms with Gasteiger partial charge in [-0.15, -0.1) is 0 Å². The van der Waals surface area contributed by atoms with Crippen LogP contribution in [-0.2, 0) is 16.6 Å². The highest BCUT2D eigenvalue weighted by molar-refractivity contribution is 6.24. The predicted molar refractivity (Wildman–Crippen MR) is 54.9 cm³/mol. The smallest absolute Gasteiger partial charge is 0.200 e. The van der Waals surface area contributed by atoms with E-state index in [1.807, 2.05) is 0 Å². The third-order valence-electron chi connectivity index (χ3n) is 2.72. The Morgan fingerprint density at radius 1 is 1.38 bits per heavy atom. The van der Waals surface area contributed by atoms with E-state index in [1.54, 1.807) is 13.2 Å². The molecule has 84 valence electrons. The van der Waals surface area contributed by atoms with Gasteiger partial charge in [0, 0.05) is 26.1 Å². The largest absolute Gasteiger partial charge is 0.298 e. The monoisotopic (exact) mass is 220 g/mol. The Morgan fingerprint density at radius 2 is 2.00 bits per heavy atom. The summed E-state index contributed by atoms with van der Waals surface area (Å²) in [6.07, 6.45) is 2.80. The van der Waals surface area contributed by atoms with E-state index < -0.39 is 11.7 Å². The summed E-state index contributed by atoms with van der Waals surface area (Å²) in [7, 11) is 1.68. The van der Waals surface area contributed by atoms with E-state index in [2.05, 4.69) is 5.10 Å². The van der Waals surface area contributed by atoms with Gasteiger partial charge < -0.3 is 0 Å². The maximum absolute atomic E-state index is 11.9. The Morgan fingerprint density at radius 3 is 2.50 bits per heavy atom. The number of aromatic nitrogens is 2. The molecule has 1 heterocycles. The standard InChI is InChI=1S/C11H12N2O3/c1-13-6-5-7(12-13)11(16)10-8(14)3-2-4-9(10)15/h5-6,10H,2-4H2,1H3. The summed E-state index contributed by atoms with van der Waals surface area (Å²) in [5.41, 5.74) is 0.191. The van der Waals surface area contributed by atoms with E-state index in [0.717, 1.165) is 0 Å². The molecular formula is C11H12N2O3. The van der Waals surface area contributed by atoms with Crippen molar-refractivity contribution in [1.29, 1.82) is 0 Å². The van der Waals surface area contributed by atoms with Gasteiger partial charge in [-0.2, -0.15) is 5.10 Å². The van der Waals surface area contributed by atoms with Crippen LogP contribution in [0, 0.1) is 5.92 Å². The van der Waals surface area contributed by atoms with Crippen molar-refractivity contribution in [2.75, 3.05) is 0 Å². The Bertz CT molecular complexity index is 446. The molecular weight excluding hydrogens is 208 g/mol. The van der Waals surface area contributed by atoms with Gasteiger partial charge in [0.25, 0.3) is 0 Å². The van der Waals surface area contributed by atoms with Crippen LogP contribution in [0.2, 0.25) is 0 Å². The number of ketones is 3. The van der Waals surface area contributed by atoms with Gasteiger partial charge >= 0.3 is 0 Å². The van der Waals surface area contributed by atoms with Crippen LogP contribution in [0.3, 0.4) is 0 Å². The van der Waals surface area contributed by atoms with Crippen LogP contribution in [0.4, 0.5) is 0 Å². The van der Waals surface area contributed by atoms with E-state index >= 15 is 0 Å². The Labute approximate surface area is 92.4 Å². The Balaban J connectivity index is 2.26. The van der Waals surface area contributed by atoms with Crippen molar-refractivity contribution in [3.05, 3.63) is 18.0 Å². The molecule has 5 heteroatoms. The zero-order chi connectivity index (χ0) is 11.7. The summed E-state index contributed by atoms with van der Waals surface area (Å²) in [5, 5.41) is 3.92. The summed E-state index contributed by atoms with van der Waals surface area (Å²) in [6.45, 7) is 0. The minimum absolute atomic E-state index is 0.191. The molecule has 0 radical (unpaired) electrons. The molecule has 0 saturated heterocycles. The fourth-order valence-corrected chi connectivity index (χ4v) is 1.89. The van der Waals surface area contributed by atoms with Crippen molar-refractivity contribution in [2.45, 2.75) is 19.3 Å². The summed E-state index contributed by atoms with van der Waals surface area (Å²) < 4.78 is 1.48. The normalized spacial score (nSPS) is 17.8. The highest BCUT2D eigenvalue weighted by Crippen LogP contribution is 2.20. The highest BCUT2D eigenvalue weighted by atomic mass is 16.2. The van der Waals surface area contributed by atoms with Crippen LogP contribution in [0.5, 0.6) is 0 Å². The SMILES string of the molecule is Cn1ccc(C(=O)C2C(=O)CCCC2=O)n1. The van der Waals surface area contributed by atoms with Gasteiger partial charge in [-0.25, -0.2) is 0 Å². The number of aryl methyl sites for hydroxylation is 1. The quantitative estimate of drug-likeness (QED) is 0.539. The molecule has 16 heavy (non-hydrogen) atoms. The maximum Gasteiger partial charge on any atom is 0.200 e. The van der Waals surface area contributed by atoms with Gasteiger partial charge in [0.1, 0.15) is 11.6 Å². The van der Waals surface area contributed by atoms with Crippen molar-refractivity contribution in [1.82, 2.24) is 9.78 Å². The molecule has 0 amide bonds. The second-order valence-electron chi connectivity index (χ2n) is 3.96. The molecule has 0 unspecified atom stereocenters. The molecule has 1 aliphatic carbocycles. The Hall–Kier alpha value is -1.78. The topological polar surface area (TPSA) is 69.0 Å². The second-order valence-corrected chi connectivity index (χ2v) is 3.96. The first kappa shape index (κ1) is 10.7. The molecule has 5 nitrogen and oxygen atoms in total. The van der Waals surface area contributed by atoms with Crippen LogP contribution in [0.15, 0.2) is 12.3 Å². The van der Waals surface area contributed by atoms with E-state index in [9.17, 15) is 14.4 Å². The summed E-state index contributed by atoms with van der Waals surface area (Å²) in [4.78, 5) is 35.0. The van der Waals surface area contributed by atoms with Gasteiger partial charge in [-0.1, -0.05) is 0 Å². The molecule has 0 N–H and O–H groups in total. The minimum Gasteiger partial charge on any atom is -0.298 e. The lowest BCUT2D eigenvalue weighted by Crippen LogP contribution is -2.35. The lowest BCUT2D eigenvalue weighted by Gasteiger charge is -2.16. The average Bonchev–Trinajstić information content (AvgIpc) is 2.64. The van der Waals surface area contributed by atoms with Gasteiger partial charge in [0.05, 0.1) is 0 Å². The first-order valence-corrected chi connectivity index (χ1v) is 5.19. The third-order valence-corrected chi connectivity index (χ3v) is 2.72. The number of carbonyl (C=O) groups is 3. The highest BCUT2D eigenvalue weighted by Gasteiger charge is 2.37. The molecule has 2 rings (SSSR count). The van der Waals surface area contributed by atoms with Gasteiger partial charge in [-0.3, -0.25) is 19.1 Å². The Kier molecular flexibility index (Phi) is 2.68. The van der Waals surface area contributed by atoms with Crippen molar-refractivity contribution >= 4 is 17.3 Å². The van der Waals surface area contributed by atoms with Crippen LogP contribution in [-0.4, -0.2) is 27.1 Å². The number of hydrogen-bond acceptors (Lipinski definition) is 4. The first-order valence-electron chi connectivity index (χ1n) is 5.19. The second kappa shape index (κ2) is 4.00. The molecule has 1 fully saturated rings. The molecule has 1 saturated carbocycles. The molecule has 1 aromatic heterocycles. The van der Waals surface area contributed by atoms with Gasteiger partial charge in [0.2, 0.25) is 5.78 Å². The van der Waals surface area contributed by atoms with Crippen LogP contribution in [0.25, 0.3) is 0 Å². The van der Waals surface area contributed by atoms with Gasteiger partial charge in [-0.05, 0) is 12.5 Å². The van der Waals surface area contributed by atoms with E-state index in [-0.39, 0.29) is 17.3 Å². The summed E-state index contributed by atoms with van der Waals surface area (Å²) >= 11 is 0. The molecule has 1 aliphatic rings. The van der Waals surface area contributed by atoms with Gasteiger partial charge in [0.15, 0.2) is 11.6 Å². The van der Waals surface area contributed by atoms with Crippen molar-refractivity contribution < 1.29 is 14.4 Å². The number of carbonyl (C=O) groups excluding carboxylic acids is 3. The number of nitrogens with zero attached hydrogens (tertiary/aromatic N) is 2. The molecule has 0 spiro atoms. The van der Waals surface area contributed by atoms with E-state index in [0.29, 0.717) is 19.3 Å². The van der Waals surface area contributed by atoms with Crippen LogP contribution in [0.1, 0.15) is 29.8 Å². The fourth-order valence-electron chi connectivity index (χ4n) is 1.89. The zero-order valence-corrected chi connectivity index (χ0v) is 8.97. The third kappa shape index (κ3) is 1.80. The van der Waals surface area contributed by atoms with Crippen molar-refractivity contribution in [3.8, 4) is 0 Å². The van der Waals surface area contributed by atoms with E-state index in [1.165, 1.54) is 10.7 Å². The molecule has 0 aliphatic heterocycles. The predicted octanol–water partition coefficient (Wildman–Crippen LogP) is 0.541. The first-order chi connectivity index (χ1) is 7.59. The summed E-state index contributed by atoms with van der Waals surface area (Å²) in [6, 6.07) is 1.53. The number of hydrogen-bond donors (Lipinski definition) is 0. The lowest BCUT2D eigenvalue weighted by atomic mass is 9.83. The zero-order valence-electron chi connectivity index (χ0n) is 8.97. The molecule has 0 aromatic carbocycles. The fraction of sp³-hybridized carbons (Fsp3) is 0.455. The van der Waals surface area contributed by atoms with Crippen molar-refractivity contribution in [2.24, 2.45) is 13.0 Å². The lowest BCUT2D eigenvalue weighted by molar-refractivity contribution is -0.133. The average molecular weight is 220 g/mol. The number of rotatable bonds is 2. The minimum atomic E-state index is -1.11. The maximum atomic E-state index is 11.9. The summed E-state index contributed by atoms with van der Waals surface area (Å²) in [5.74, 6) is -2.11. The van der Waals surface area contributed by atoms with E-state index in [4.69, 9.17) is 0 Å². The molecule has 0 bridgehead atoms.